The molecule has 29 heavy (non-hydrogen) atoms. The molecule has 6 nitrogen and oxygen atoms in total. The van der Waals surface area contributed by atoms with Gasteiger partial charge in [0, 0.05) is 5.56 Å². The molecule has 142 valence electrons. The molecule has 0 saturated heterocycles. The van der Waals surface area contributed by atoms with Crippen LogP contribution in [0.4, 0.5) is 4.39 Å². The molecule has 0 aliphatic carbocycles. The quantitative estimate of drug-likeness (QED) is 0.566. The van der Waals surface area contributed by atoms with Crippen LogP contribution in [0.15, 0.2) is 60.2 Å². The van der Waals surface area contributed by atoms with Crippen LogP contribution in [-0.4, -0.2) is 37.7 Å². The first kappa shape index (κ1) is 21.3. The number of carbonyl (C=O) groups excluding carboxylic acids is 1. The molecule has 2 N–H and O–H groups in total. The number of hydrogen-bond donors (Lipinski definition) is 1. The maximum atomic E-state index is 14.3. The van der Waals surface area contributed by atoms with Gasteiger partial charge in [0.2, 0.25) is 17.4 Å². The Hall–Kier alpha value is -2.39. The third-order valence-corrected chi connectivity index (χ3v) is 5.97. The van der Waals surface area contributed by atoms with Crippen molar-refractivity contribution in [2.45, 2.75) is 10.0 Å². The number of halogens is 2. The Labute approximate surface area is 175 Å². The van der Waals surface area contributed by atoms with Crippen LogP contribution in [0.5, 0.6) is 0 Å². The Morgan fingerprint density at radius 2 is 1.76 bits per heavy atom. The lowest BCUT2D eigenvalue weighted by molar-refractivity contribution is -0.126. The molecule has 0 unspecified atom stereocenters. The van der Waals surface area contributed by atoms with Gasteiger partial charge < -0.3 is 14.7 Å². The van der Waals surface area contributed by atoms with Crippen molar-refractivity contribution in [3.8, 4) is 0 Å². The molecule has 1 aliphatic heterocycles. The number of nitrogens with two attached hydrogens (primary N) is 1. The van der Waals surface area contributed by atoms with E-state index in [2.05, 4.69) is 0 Å². The zero-order valence-electron chi connectivity index (χ0n) is 14.6. The average molecular weight is 427 g/mol. The van der Waals surface area contributed by atoms with Crippen LogP contribution in [-0.2, 0) is 33.9 Å². The maximum Gasteiger partial charge on any atom is 0.302 e. The molecule has 0 aromatic heterocycles. The second-order valence-electron chi connectivity index (χ2n) is 6.15. The van der Waals surface area contributed by atoms with Crippen molar-refractivity contribution in [3.63, 3.8) is 0 Å². The van der Waals surface area contributed by atoms with E-state index < -0.39 is 49.0 Å². The van der Waals surface area contributed by atoms with E-state index >= 15 is 0 Å². The van der Waals surface area contributed by atoms with Crippen LogP contribution in [0, 0.1) is 5.82 Å². The van der Waals surface area contributed by atoms with Crippen LogP contribution >= 0.6 is 11.6 Å². The molecule has 0 saturated carbocycles. The zero-order valence-corrected chi connectivity index (χ0v) is 16.2. The Bertz CT molecular complexity index is 1110. The summed E-state index contributed by atoms with van der Waals surface area (Å²) < 4.78 is 46.9. The van der Waals surface area contributed by atoms with Crippen LogP contribution < -0.4 is 5.73 Å². The third kappa shape index (κ3) is 3.42. The normalized spacial score (nSPS) is 19.9. The summed E-state index contributed by atoms with van der Waals surface area (Å²) in [5.41, 5.74) is 2.48. The highest BCUT2D eigenvalue weighted by atomic mass is 35.5. The van der Waals surface area contributed by atoms with Crippen molar-refractivity contribution in [1.82, 2.24) is 0 Å². The molecule has 0 fully saturated rings. The van der Waals surface area contributed by atoms with Crippen molar-refractivity contribution in [2.24, 2.45) is 5.73 Å². The van der Waals surface area contributed by atoms with Crippen LogP contribution in [0.1, 0.15) is 11.1 Å². The van der Waals surface area contributed by atoms with Gasteiger partial charge in [-0.15, -0.1) is 0 Å². The minimum absolute atomic E-state index is 0.0262. The number of carbonyl (C=O) groups is 1. The monoisotopic (exact) mass is 427 g/mol. The molecule has 12 heteroatoms. The molecule has 6 radical (unpaired) electrons. The number of ether oxygens (including phenoxy) is 1. The summed E-state index contributed by atoms with van der Waals surface area (Å²) in [5.74, 6) is -4.05. The lowest BCUT2D eigenvalue weighted by Crippen LogP contribution is -2.40. The van der Waals surface area contributed by atoms with Crippen LogP contribution in [0.25, 0.3) is 0 Å². The Morgan fingerprint density at radius 3 is 2.34 bits per heavy atom. The van der Waals surface area contributed by atoms with Gasteiger partial charge in [-0.25, -0.2) is 4.39 Å². The van der Waals surface area contributed by atoms with Gasteiger partial charge in [-0.3, -0.25) is 4.79 Å². The zero-order chi connectivity index (χ0) is 21.6. The molecular formula is C17H10B3ClFNO5S. The van der Waals surface area contributed by atoms with E-state index in [1.54, 1.807) is 6.07 Å². The van der Waals surface area contributed by atoms with Gasteiger partial charge in [0.05, 0.1) is 25.3 Å². The molecule has 2 aromatic rings. The first-order valence-electron chi connectivity index (χ1n) is 7.96. The molecule has 3 rings (SSSR count). The van der Waals surface area contributed by atoms with Gasteiger partial charge in [0.25, 0.3) is 0 Å². The number of ketones is 1. The minimum Gasteiger partial charge on any atom is -0.467 e. The third-order valence-electron chi connectivity index (χ3n) is 4.20. The fraction of sp³-hybridized carbons (Fsp3) is 0.118. The predicted octanol–water partition coefficient (Wildman–Crippen LogP) is 1.02. The standard InChI is InChI=1S/C17H10B3ClFNO5S/c18-16(12-10(21)7-4-8-11(12)22)14(24)13(15(23)27-16)28-29(25,26)17(19,20)9-5-2-1-3-6-9/h1-8H,23H2/t16-/m1/s1. The number of Topliss-reactive ketones (excluding diaryl/α,β-unsaturated/α-hetero) is 1. The SMILES string of the molecule is [B]C([B])(c1ccccc1)S(=O)(=O)OC1=C(N)O[C@]([B])(c2c(F)cccc2Cl)C1=O. The lowest BCUT2D eigenvalue weighted by Gasteiger charge is -2.27. The maximum absolute atomic E-state index is 14.3. The second kappa shape index (κ2) is 7.14. The summed E-state index contributed by atoms with van der Waals surface area (Å²) in [4.78, 5) is 12.8. The number of rotatable bonds is 5. The van der Waals surface area contributed by atoms with E-state index in [9.17, 15) is 17.6 Å². The summed E-state index contributed by atoms with van der Waals surface area (Å²) in [7, 11) is 12.5. The second-order valence-corrected chi connectivity index (χ2v) is 8.31. The highest BCUT2D eigenvalue weighted by Crippen LogP contribution is 2.41. The van der Waals surface area contributed by atoms with Gasteiger partial charge in [0.15, 0.2) is 13.3 Å². The molecule has 1 atom stereocenters. The summed E-state index contributed by atoms with van der Waals surface area (Å²) in [5, 5.41) is -0.242. The van der Waals surface area contributed by atoms with Crippen LogP contribution in [0.2, 0.25) is 5.02 Å². The van der Waals surface area contributed by atoms with Crippen LogP contribution in [0.3, 0.4) is 0 Å². The molecule has 1 heterocycles. The van der Waals surface area contributed by atoms with Crippen molar-refractivity contribution in [3.05, 3.63) is 82.1 Å². The molecule has 1 aliphatic rings. The van der Waals surface area contributed by atoms with Crippen molar-refractivity contribution in [2.75, 3.05) is 0 Å². The minimum atomic E-state index is -4.88. The number of benzene rings is 2. The fourth-order valence-corrected chi connectivity index (χ4v) is 3.91. The molecule has 0 amide bonds. The molecule has 0 spiro atoms. The van der Waals surface area contributed by atoms with Gasteiger partial charge in [-0.2, -0.15) is 8.42 Å². The molecular weight excluding hydrogens is 417 g/mol. The van der Waals surface area contributed by atoms with Gasteiger partial charge in [-0.1, -0.05) is 48.0 Å². The highest BCUT2D eigenvalue weighted by molar-refractivity contribution is 7.90. The van der Waals surface area contributed by atoms with Crippen molar-refractivity contribution < 1.29 is 26.5 Å². The Balaban J connectivity index is 1.99. The topological polar surface area (TPSA) is 95.7 Å². The summed E-state index contributed by atoms with van der Waals surface area (Å²) >= 11 is 5.94. The first-order chi connectivity index (χ1) is 13.4. The van der Waals surface area contributed by atoms with E-state index in [0.29, 0.717) is 0 Å². The van der Waals surface area contributed by atoms with E-state index in [0.717, 1.165) is 6.07 Å². The van der Waals surface area contributed by atoms with E-state index in [1.807, 2.05) is 0 Å². The van der Waals surface area contributed by atoms with Gasteiger partial charge in [0.1, 0.15) is 5.82 Å². The van der Waals surface area contributed by atoms with E-state index in [4.69, 9.17) is 49.8 Å². The summed E-state index contributed by atoms with van der Waals surface area (Å²) in [6, 6.07) is 10.8. The summed E-state index contributed by atoms with van der Waals surface area (Å²) in [6.45, 7) is 0. The van der Waals surface area contributed by atoms with Crippen molar-refractivity contribution in [1.29, 1.82) is 0 Å². The average Bonchev–Trinajstić information content (AvgIpc) is 2.85. The largest absolute Gasteiger partial charge is 0.467 e. The predicted molar refractivity (Wildman–Crippen MR) is 106 cm³/mol. The smallest absolute Gasteiger partial charge is 0.302 e. The first-order valence-corrected chi connectivity index (χ1v) is 9.74. The van der Waals surface area contributed by atoms with Gasteiger partial charge >= 0.3 is 10.1 Å². The fourth-order valence-electron chi connectivity index (χ4n) is 2.66. The van der Waals surface area contributed by atoms with Gasteiger partial charge in [-0.05, 0) is 17.7 Å². The molecule has 0 bridgehead atoms. The highest BCUT2D eigenvalue weighted by Gasteiger charge is 2.52. The molecule has 2 aromatic carbocycles. The summed E-state index contributed by atoms with van der Waals surface area (Å²) in [6.07, 6.45) is 0. The Kier molecular flexibility index (Phi) is 5.25. The Morgan fingerprint density at radius 1 is 1.14 bits per heavy atom. The number of hydrogen-bond acceptors (Lipinski definition) is 6. The van der Waals surface area contributed by atoms with Crippen molar-refractivity contribution >= 4 is 51.0 Å². The van der Waals surface area contributed by atoms with E-state index in [1.165, 1.54) is 36.4 Å². The lowest BCUT2D eigenvalue weighted by atomic mass is 9.65. The van der Waals surface area contributed by atoms with E-state index in [-0.39, 0.29) is 10.6 Å².